The maximum Gasteiger partial charge on any atom is 0.247 e. The normalized spacial score (nSPS) is 12.1. The molecule has 0 saturated carbocycles. The summed E-state index contributed by atoms with van der Waals surface area (Å²) in [5, 5.41) is 7.83. The topological polar surface area (TPSA) is 77.5 Å². The van der Waals surface area contributed by atoms with E-state index < -0.39 is 0 Å². The molecule has 0 aliphatic heterocycles. The van der Waals surface area contributed by atoms with Gasteiger partial charge >= 0.3 is 0 Å². The highest BCUT2D eigenvalue weighted by atomic mass is 19.1. The van der Waals surface area contributed by atoms with Gasteiger partial charge in [-0.25, -0.2) is 8.91 Å². The van der Waals surface area contributed by atoms with E-state index in [2.05, 4.69) is 22.0 Å². The molecule has 0 radical (unpaired) electrons. The van der Waals surface area contributed by atoms with Crippen LogP contribution in [0.3, 0.4) is 0 Å². The summed E-state index contributed by atoms with van der Waals surface area (Å²) in [6.45, 7) is 5.61. The van der Waals surface area contributed by atoms with E-state index in [0.29, 0.717) is 23.0 Å². The van der Waals surface area contributed by atoms with E-state index in [1.807, 2.05) is 55.5 Å². The summed E-state index contributed by atoms with van der Waals surface area (Å²) < 4.78 is 20.7. The molecular weight excluding hydrogens is 417 g/mol. The number of methoxy groups -OCH3 is 1. The molecule has 0 unspecified atom stereocenters. The Morgan fingerprint density at radius 3 is 2.64 bits per heavy atom. The predicted molar refractivity (Wildman–Crippen MR) is 131 cm³/mol. The molecule has 2 aromatic carbocycles. The molecule has 33 heavy (non-hydrogen) atoms. The van der Waals surface area contributed by atoms with Gasteiger partial charge in [-0.1, -0.05) is 24.8 Å². The number of nitrogens with one attached hydrogen (secondary N) is 1. The molecule has 2 aromatic heterocycles. The van der Waals surface area contributed by atoms with Crippen LogP contribution in [0.25, 0.3) is 22.5 Å². The van der Waals surface area contributed by atoms with E-state index in [4.69, 9.17) is 10.5 Å². The van der Waals surface area contributed by atoms with Gasteiger partial charge in [-0.2, -0.15) is 4.98 Å². The first-order valence-electron chi connectivity index (χ1n) is 10.3. The molecule has 0 atom stereocenters. The van der Waals surface area contributed by atoms with Crippen molar-refractivity contribution in [3.63, 3.8) is 0 Å². The second kappa shape index (κ2) is 9.40. The fraction of sp³-hybridized carbons (Fsp3) is 0.0769. The fourth-order valence-corrected chi connectivity index (χ4v) is 3.52. The molecule has 4 rings (SSSR count). The molecule has 3 N–H and O–H groups in total. The molecule has 6 nitrogen and oxygen atoms in total. The zero-order valence-corrected chi connectivity index (χ0v) is 18.4. The summed E-state index contributed by atoms with van der Waals surface area (Å²) >= 11 is 0. The van der Waals surface area contributed by atoms with Gasteiger partial charge in [0.25, 0.3) is 0 Å². The standard InChI is InChI=1S/C26H24FN5O/c1-4-6-19(15-17(2)28)22-14-13-21(16-24(22)33-3)29-26-30-25-8-5-7-23(32(25)31-26)18-9-11-20(27)12-10-18/h4-16H,1,28H2,2-3H3,(H,29,31)/b17-15-,19-6+. The number of allylic oxidation sites excluding steroid dienone is 5. The largest absolute Gasteiger partial charge is 0.496 e. The van der Waals surface area contributed by atoms with E-state index in [-0.39, 0.29) is 5.82 Å². The van der Waals surface area contributed by atoms with Gasteiger partial charge in [0.15, 0.2) is 5.65 Å². The second-order valence-electron chi connectivity index (χ2n) is 7.41. The molecule has 0 aliphatic rings. The van der Waals surface area contributed by atoms with E-state index in [1.165, 1.54) is 12.1 Å². The summed E-state index contributed by atoms with van der Waals surface area (Å²) in [5.74, 6) is 0.813. The Balaban J connectivity index is 1.68. The van der Waals surface area contributed by atoms with E-state index in [1.54, 1.807) is 29.8 Å². The maximum absolute atomic E-state index is 13.3. The van der Waals surface area contributed by atoms with Gasteiger partial charge in [0, 0.05) is 28.6 Å². The molecule has 4 aromatic rings. The van der Waals surface area contributed by atoms with E-state index in [0.717, 1.165) is 28.1 Å². The van der Waals surface area contributed by atoms with Crippen molar-refractivity contribution in [2.45, 2.75) is 6.92 Å². The highest BCUT2D eigenvalue weighted by Crippen LogP contribution is 2.31. The Bertz CT molecular complexity index is 1370. The van der Waals surface area contributed by atoms with Crippen molar-refractivity contribution in [2.75, 3.05) is 12.4 Å². The van der Waals surface area contributed by atoms with Crippen molar-refractivity contribution < 1.29 is 9.13 Å². The molecule has 0 fully saturated rings. The minimum atomic E-state index is -0.285. The molecule has 0 aliphatic carbocycles. The zero-order chi connectivity index (χ0) is 23.4. The molecule has 2 heterocycles. The number of pyridine rings is 1. The Hall–Kier alpha value is -4.39. The van der Waals surface area contributed by atoms with Crippen molar-refractivity contribution >= 4 is 22.9 Å². The van der Waals surface area contributed by atoms with Crippen molar-refractivity contribution in [1.82, 2.24) is 14.6 Å². The van der Waals surface area contributed by atoms with Gasteiger partial charge in [0.05, 0.1) is 12.8 Å². The van der Waals surface area contributed by atoms with Gasteiger partial charge in [-0.3, -0.25) is 0 Å². The van der Waals surface area contributed by atoms with Crippen LogP contribution in [0.5, 0.6) is 5.75 Å². The maximum atomic E-state index is 13.3. The molecule has 0 amide bonds. The van der Waals surface area contributed by atoms with Crippen molar-refractivity contribution in [1.29, 1.82) is 0 Å². The summed E-state index contributed by atoms with van der Waals surface area (Å²) in [6, 6.07) is 17.7. The van der Waals surface area contributed by atoms with Crippen LogP contribution in [-0.2, 0) is 0 Å². The summed E-state index contributed by atoms with van der Waals surface area (Å²) in [6.07, 6.45) is 5.45. The molecule has 0 spiro atoms. The number of nitrogens with zero attached hydrogens (tertiary/aromatic N) is 3. The van der Waals surface area contributed by atoms with Crippen LogP contribution < -0.4 is 15.8 Å². The number of ether oxygens (including phenoxy) is 1. The van der Waals surface area contributed by atoms with Crippen LogP contribution in [0.2, 0.25) is 0 Å². The third kappa shape index (κ3) is 4.77. The number of fused-ring (bicyclic) bond motifs is 1. The number of halogens is 1. The number of hydrogen-bond donors (Lipinski definition) is 2. The van der Waals surface area contributed by atoms with Crippen LogP contribution in [0.15, 0.2) is 91.2 Å². The zero-order valence-electron chi connectivity index (χ0n) is 18.4. The Kier molecular flexibility index (Phi) is 6.22. The van der Waals surface area contributed by atoms with Gasteiger partial charge in [-0.05, 0) is 67.1 Å². The Morgan fingerprint density at radius 1 is 1.15 bits per heavy atom. The molecule has 0 bridgehead atoms. The average molecular weight is 442 g/mol. The average Bonchev–Trinajstić information content (AvgIpc) is 3.21. The Morgan fingerprint density at radius 2 is 1.94 bits per heavy atom. The van der Waals surface area contributed by atoms with Gasteiger partial charge in [0.2, 0.25) is 5.95 Å². The first kappa shape index (κ1) is 21.8. The lowest BCUT2D eigenvalue weighted by molar-refractivity contribution is 0.414. The van der Waals surface area contributed by atoms with Crippen LogP contribution in [0, 0.1) is 5.82 Å². The van der Waals surface area contributed by atoms with Crippen molar-refractivity contribution in [3.05, 3.63) is 103 Å². The number of rotatable bonds is 7. The van der Waals surface area contributed by atoms with Gasteiger partial charge in [-0.15, -0.1) is 5.10 Å². The monoisotopic (exact) mass is 441 g/mol. The molecule has 7 heteroatoms. The first-order valence-corrected chi connectivity index (χ1v) is 10.3. The van der Waals surface area contributed by atoms with Gasteiger partial charge < -0.3 is 15.8 Å². The third-order valence-electron chi connectivity index (χ3n) is 4.95. The predicted octanol–water partition coefficient (Wildman–Crippen LogP) is 5.72. The number of hydrogen-bond acceptors (Lipinski definition) is 5. The lowest BCUT2D eigenvalue weighted by atomic mass is 10.0. The third-order valence-corrected chi connectivity index (χ3v) is 4.95. The summed E-state index contributed by atoms with van der Waals surface area (Å²) in [4.78, 5) is 4.57. The van der Waals surface area contributed by atoms with Crippen LogP contribution >= 0.6 is 0 Å². The number of benzene rings is 2. The lowest BCUT2D eigenvalue weighted by Crippen LogP contribution is -1.98. The molecule has 166 valence electrons. The van der Waals surface area contributed by atoms with Crippen LogP contribution in [0.4, 0.5) is 16.0 Å². The van der Waals surface area contributed by atoms with Crippen molar-refractivity contribution in [3.8, 4) is 17.0 Å². The quantitative estimate of drug-likeness (QED) is 0.359. The highest BCUT2D eigenvalue weighted by Gasteiger charge is 2.12. The minimum absolute atomic E-state index is 0.285. The summed E-state index contributed by atoms with van der Waals surface area (Å²) in [7, 11) is 1.62. The van der Waals surface area contributed by atoms with Crippen LogP contribution in [0.1, 0.15) is 12.5 Å². The first-order chi connectivity index (χ1) is 16.0. The Labute approximate surface area is 191 Å². The fourth-order valence-electron chi connectivity index (χ4n) is 3.52. The summed E-state index contributed by atoms with van der Waals surface area (Å²) in [5.41, 5.74) is 11.4. The SMILES string of the molecule is C=C/C=C(\C=C(\C)N)c1ccc(Nc2nc3cccc(-c4ccc(F)cc4)n3n2)cc1OC. The van der Waals surface area contributed by atoms with E-state index in [9.17, 15) is 4.39 Å². The minimum Gasteiger partial charge on any atom is -0.496 e. The second-order valence-corrected chi connectivity index (χ2v) is 7.41. The number of aromatic nitrogens is 3. The van der Waals surface area contributed by atoms with E-state index >= 15 is 0 Å². The van der Waals surface area contributed by atoms with Crippen molar-refractivity contribution in [2.24, 2.45) is 5.73 Å². The lowest BCUT2D eigenvalue weighted by Gasteiger charge is -2.12. The smallest absolute Gasteiger partial charge is 0.247 e. The highest BCUT2D eigenvalue weighted by molar-refractivity contribution is 5.81. The molecule has 0 saturated heterocycles. The number of nitrogens with two attached hydrogens (primary N) is 1. The van der Waals surface area contributed by atoms with Crippen LogP contribution in [-0.4, -0.2) is 21.7 Å². The van der Waals surface area contributed by atoms with Gasteiger partial charge in [0.1, 0.15) is 11.6 Å². The number of anilines is 2. The molecular formula is C26H24FN5O.